The van der Waals surface area contributed by atoms with Crippen LogP contribution in [0.4, 0.5) is 5.69 Å². The van der Waals surface area contributed by atoms with E-state index >= 15 is 0 Å². The summed E-state index contributed by atoms with van der Waals surface area (Å²) in [6, 6.07) is 10.1. The van der Waals surface area contributed by atoms with Crippen molar-refractivity contribution in [3.05, 3.63) is 47.0 Å². The van der Waals surface area contributed by atoms with Crippen LogP contribution in [0.2, 0.25) is 5.02 Å². The summed E-state index contributed by atoms with van der Waals surface area (Å²) < 4.78 is 21.4. The number of amides is 1. The van der Waals surface area contributed by atoms with Crippen LogP contribution in [0.15, 0.2) is 36.4 Å². The van der Waals surface area contributed by atoms with Gasteiger partial charge in [0.05, 0.1) is 19.2 Å². The molecule has 2 aromatic carbocycles. The topological polar surface area (TPSA) is 83.1 Å². The molecule has 0 unspecified atom stereocenters. The van der Waals surface area contributed by atoms with Crippen molar-refractivity contribution in [1.82, 2.24) is 0 Å². The van der Waals surface area contributed by atoms with Crippen molar-refractivity contribution in [2.75, 3.05) is 25.6 Å². The molecule has 3 rings (SSSR count). The van der Waals surface area contributed by atoms with Crippen LogP contribution in [-0.2, 0) is 20.7 Å². The highest BCUT2D eigenvalue weighted by Gasteiger charge is 2.20. The van der Waals surface area contributed by atoms with Gasteiger partial charge in [0, 0.05) is 5.02 Å². The van der Waals surface area contributed by atoms with E-state index in [0.717, 1.165) is 0 Å². The summed E-state index contributed by atoms with van der Waals surface area (Å²) in [6.07, 6.45) is -0.984. The average Bonchev–Trinajstić information content (AvgIpc) is 2.68. The molecule has 1 aliphatic heterocycles. The van der Waals surface area contributed by atoms with Crippen molar-refractivity contribution in [1.29, 1.82) is 0 Å². The minimum Gasteiger partial charge on any atom is -0.495 e. The lowest BCUT2D eigenvalue weighted by atomic mass is 10.1. The van der Waals surface area contributed by atoms with Crippen LogP contribution in [-0.4, -0.2) is 38.3 Å². The fourth-order valence-electron chi connectivity index (χ4n) is 2.67. The molecule has 0 saturated heterocycles. The van der Waals surface area contributed by atoms with E-state index in [2.05, 4.69) is 5.32 Å². The quantitative estimate of drug-likeness (QED) is 0.743. The first-order chi connectivity index (χ1) is 13.5. The molecule has 1 amide bonds. The molecule has 0 bridgehead atoms. The van der Waals surface area contributed by atoms with E-state index < -0.39 is 18.0 Å². The fraction of sp³-hybridized carbons (Fsp3) is 0.300. The van der Waals surface area contributed by atoms with Gasteiger partial charge in [0.1, 0.15) is 19.0 Å². The Morgan fingerprint density at radius 1 is 1.14 bits per heavy atom. The number of rotatable bonds is 6. The van der Waals surface area contributed by atoms with Gasteiger partial charge < -0.3 is 24.3 Å². The molecule has 28 heavy (non-hydrogen) atoms. The van der Waals surface area contributed by atoms with Crippen molar-refractivity contribution >= 4 is 29.2 Å². The lowest BCUT2D eigenvalue weighted by molar-refractivity contribution is -0.152. The van der Waals surface area contributed by atoms with Crippen LogP contribution in [0, 0.1) is 0 Å². The average molecular weight is 406 g/mol. The van der Waals surface area contributed by atoms with Gasteiger partial charge in [0.2, 0.25) is 0 Å². The van der Waals surface area contributed by atoms with Gasteiger partial charge in [-0.05, 0) is 42.8 Å². The van der Waals surface area contributed by atoms with Crippen molar-refractivity contribution in [3.8, 4) is 17.2 Å². The summed E-state index contributed by atoms with van der Waals surface area (Å²) in [5.74, 6) is 0.669. The largest absolute Gasteiger partial charge is 0.495 e. The van der Waals surface area contributed by atoms with Crippen molar-refractivity contribution in [2.45, 2.75) is 19.4 Å². The van der Waals surface area contributed by atoms with Crippen LogP contribution in [0.3, 0.4) is 0 Å². The lowest BCUT2D eigenvalue weighted by Gasteiger charge is -2.19. The number of ether oxygens (including phenoxy) is 4. The standard InChI is InChI=1S/C20H20ClNO6/c1-12(20(24)22-15-11-14(21)4-6-16(15)25-2)28-19(23)10-13-3-5-17-18(9-13)27-8-7-26-17/h3-6,9,11-12H,7-8,10H2,1-2H3,(H,22,24)/t12-/m0/s1. The van der Waals surface area contributed by atoms with Gasteiger partial charge in [-0.3, -0.25) is 9.59 Å². The van der Waals surface area contributed by atoms with Gasteiger partial charge in [-0.1, -0.05) is 17.7 Å². The molecule has 0 saturated carbocycles. The van der Waals surface area contributed by atoms with Crippen LogP contribution < -0.4 is 19.5 Å². The van der Waals surface area contributed by atoms with Gasteiger partial charge >= 0.3 is 5.97 Å². The van der Waals surface area contributed by atoms with Gasteiger partial charge in [-0.25, -0.2) is 0 Å². The Balaban J connectivity index is 1.58. The van der Waals surface area contributed by atoms with Gasteiger partial charge in [0.15, 0.2) is 17.6 Å². The third-order valence-electron chi connectivity index (χ3n) is 4.05. The van der Waals surface area contributed by atoms with E-state index in [9.17, 15) is 9.59 Å². The monoisotopic (exact) mass is 405 g/mol. The third-order valence-corrected chi connectivity index (χ3v) is 4.29. The molecule has 1 aliphatic rings. The Bertz CT molecular complexity index is 885. The number of benzene rings is 2. The minimum atomic E-state index is -0.992. The zero-order chi connectivity index (χ0) is 20.1. The highest BCUT2D eigenvalue weighted by atomic mass is 35.5. The molecule has 2 aromatic rings. The SMILES string of the molecule is COc1ccc(Cl)cc1NC(=O)[C@H](C)OC(=O)Cc1ccc2c(c1)OCCO2. The van der Waals surface area contributed by atoms with Crippen LogP contribution in [0.25, 0.3) is 0 Å². The second-order valence-corrected chi connectivity index (χ2v) is 6.56. The molecule has 7 nitrogen and oxygen atoms in total. The first kappa shape index (κ1) is 19.8. The first-order valence-corrected chi connectivity index (χ1v) is 9.06. The van der Waals surface area contributed by atoms with Crippen molar-refractivity contribution < 1.29 is 28.5 Å². The number of esters is 1. The van der Waals surface area contributed by atoms with Crippen LogP contribution in [0.5, 0.6) is 17.2 Å². The zero-order valence-corrected chi connectivity index (χ0v) is 16.2. The van der Waals surface area contributed by atoms with Crippen molar-refractivity contribution in [3.63, 3.8) is 0 Å². The molecule has 148 valence electrons. The number of hydrogen-bond acceptors (Lipinski definition) is 6. The Morgan fingerprint density at radius 3 is 2.64 bits per heavy atom. The smallest absolute Gasteiger partial charge is 0.311 e. The molecule has 1 atom stereocenters. The summed E-state index contributed by atoms with van der Waals surface area (Å²) >= 11 is 5.95. The van der Waals surface area contributed by atoms with E-state index in [1.165, 1.54) is 14.0 Å². The normalized spacial score (nSPS) is 13.4. The molecule has 0 spiro atoms. The molecule has 0 radical (unpaired) electrons. The molecule has 1 N–H and O–H groups in total. The Morgan fingerprint density at radius 2 is 1.89 bits per heavy atom. The number of anilines is 1. The fourth-order valence-corrected chi connectivity index (χ4v) is 2.84. The summed E-state index contributed by atoms with van der Waals surface area (Å²) in [5, 5.41) is 3.09. The number of methoxy groups -OCH3 is 1. The van der Waals surface area contributed by atoms with E-state index in [1.54, 1.807) is 36.4 Å². The predicted octanol–water partition coefficient (Wildman–Crippen LogP) is 3.23. The number of halogens is 1. The number of hydrogen-bond donors (Lipinski definition) is 1. The number of carbonyl (C=O) groups is 2. The molecule has 0 aliphatic carbocycles. The number of fused-ring (bicyclic) bond motifs is 1. The maximum absolute atomic E-state index is 12.3. The summed E-state index contributed by atoms with van der Waals surface area (Å²) in [5.41, 5.74) is 1.10. The predicted molar refractivity (Wildman–Crippen MR) is 103 cm³/mol. The number of nitrogens with one attached hydrogen (secondary N) is 1. The highest BCUT2D eigenvalue weighted by molar-refractivity contribution is 6.31. The molecule has 8 heteroatoms. The Labute approximate surface area is 167 Å². The molecular formula is C20H20ClNO6. The second-order valence-electron chi connectivity index (χ2n) is 6.12. The summed E-state index contributed by atoms with van der Waals surface area (Å²) in [4.78, 5) is 24.6. The van der Waals surface area contributed by atoms with E-state index in [-0.39, 0.29) is 6.42 Å². The Hall–Kier alpha value is -2.93. The van der Waals surface area contributed by atoms with E-state index in [0.29, 0.717) is 46.7 Å². The molecule has 0 fully saturated rings. The van der Waals surface area contributed by atoms with Gasteiger partial charge in [0.25, 0.3) is 5.91 Å². The Kier molecular flexibility index (Phi) is 6.26. The van der Waals surface area contributed by atoms with E-state index in [4.69, 9.17) is 30.5 Å². The maximum Gasteiger partial charge on any atom is 0.311 e. The third kappa shape index (κ3) is 4.86. The molecule has 1 heterocycles. The first-order valence-electron chi connectivity index (χ1n) is 8.68. The second kappa shape index (κ2) is 8.84. The van der Waals surface area contributed by atoms with Gasteiger partial charge in [-0.15, -0.1) is 0 Å². The maximum atomic E-state index is 12.3. The summed E-state index contributed by atoms with van der Waals surface area (Å²) in [6.45, 7) is 2.46. The van der Waals surface area contributed by atoms with Crippen LogP contribution >= 0.6 is 11.6 Å². The van der Waals surface area contributed by atoms with E-state index in [1.807, 2.05) is 0 Å². The highest BCUT2D eigenvalue weighted by Crippen LogP contribution is 2.31. The summed E-state index contributed by atoms with van der Waals surface area (Å²) in [7, 11) is 1.48. The van der Waals surface area contributed by atoms with Crippen LogP contribution in [0.1, 0.15) is 12.5 Å². The van der Waals surface area contributed by atoms with Gasteiger partial charge in [-0.2, -0.15) is 0 Å². The molecule has 0 aromatic heterocycles. The minimum absolute atomic E-state index is 0.00868. The molecular weight excluding hydrogens is 386 g/mol. The zero-order valence-electron chi connectivity index (χ0n) is 15.5. The van der Waals surface area contributed by atoms with Crippen molar-refractivity contribution in [2.24, 2.45) is 0 Å². The number of carbonyl (C=O) groups excluding carboxylic acids is 2. The lowest BCUT2D eigenvalue weighted by Crippen LogP contribution is -2.30.